The second-order valence-electron chi connectivity index (χ2n) is 3.62. The Balaban J connectivity index is 2.35. The second kappa shape index (κ2) is 4.41. The van der Waals surface area contributed by atoms with Gasteiger partial charge < -0.3 is 9.64 Å². The van der Waals surface area contributed by atoms with E-state index in [1.165, 1.54) is 30.2 Å². The SMILES string of the molecule is COc1ccc(F)c(N2CC(Br)CC2=O)c1. The summed E-state index contributed by atoms with van der Waals surface area (Å²) in [7, 11) is 1.51. The van der Waals surface area contributed by atoms with Gasteiger partial charge in [-0.15, -0.1) is 0 Å². The Morgan fingerprint density at radius 1 is 1.56 bits per heavy atom. The first-order valence-corrected chi connectivity index (χ1v) is 5.81. The van der Waals surface area contributed by atoms with Crippen molar-refractivity contribution < 1.29 is 13.9 Å². The smallest absolute Gasteiger partial charge is 0.228 e. The van der Waals surface area contributed by atoms with Crippen molar-refractivity contribution >= 4 is 27.5 Å². The maximum absolute atomic E-state index is 13.6. The summed E-state index contributed by atoms with van der Waals surface area (Å²) in [4.78, 5) is 13.2. The summed E-state index contributed by atoms with van der Waals surface area (Å²) in [6, 6.07) is 4.38. The number of rotatable bonds is 2. The number of halogens is 2. The van der Waals surface area contributed by atoms with Gasteiger partial charge in [0.2, 0.25) is 5.91 Å². The summed E-state index contributed by atoms with van der Waals surface area (Å²) in [6.45, 7) is 0.489. The molecule has 86 valence electrons. The zero-order valence-corrected chi connectivity index (χ0v) is 10.3. The molecule has 1 fully saturated rings. The molecule has 16 heavy (non-hydrogen) atoms. The molecule has 3 nitrogen and oxygen atoms in total. The number of hydrogen-bond acceptors (Lipinski definition) is 2. The maximum Gasteiger partial charge on any atom is 0.228 e. The topological polar surface area (TPSA) is 29.5 Å². The molecular formula is C11H11BrFNO2. The third-order valence-electron chi connectivity index (χ3n) is 2.52. The summed E-state index contributed by atoms with van der Waals surface area (Å²) >= 11 is 3.36. The fraction of sp³-hybridized carbons (Fsp3) is 0.364. The van der Waals surface area contributed by atoms with E-state index in [2.05, 4.69) is 15.9 Å². The summed E-state index contributed by atoms with van der Waals surface area (Å²) in [5, 5.41) is 0. The molecule has 0 N–H and O–H groups in total. The number of methoxy groups -OCH3 is 1. The Kier molecular flexibility index (Phi) is 3.14. The van der Waals surface area contributed by atoms with Crippen LogP contribution in [0.5, 0.6) is 5.75 Å². The normalized spacial score (nSPS) is 20.3. The van der Waals surface area contributed by atoms with Crippen LogP contribution in [0.4, 0.5) is 10.1 Å². The van der Waals surface area contributed by atoms with Crippen molar-refractivity contribution in [3.8, 4) is 5.75 Å². The van der Waals surface area contributed by atoms with E-state index in [4.69, 9.17) is 4.74 Å². The van der Waals surface area contributed by atoms with Crippen LogP contribution in [0.2, 0.25) is 0 Å². The van der Waals surface area contributed by atoms with Gasteiger partial charge in [0.25, 0.3) is 0 Å². The van der Waals surface area contributed by atoms with Gasteiger partial charge in [-0.3, -0.25) is 4.79 Å². The quantitative estimate of drug-likeness (QED) is 0.782. The number of benzene rings is 1. The molecule has 1 heterocycles. The molecule has 0 bridgehead atoms. The lowest BCUT2D eigenvalue weighted by Crippen LogP contribution is -2.25. The molecule has 1 aliphatic rings. The second-order valence-corrected chi connectivity index (χ2v) is 4.92. The van der Waals surface area contributed by atoms with Crippen LogP contribution in [-0.4, -0.2) is 24.4 Å². The summed E-state index contributed by atoms with van der Waals surface area (Å²) < 4.78 is 18.6. The summed E-state index contributed by atoms with van der Waals surface area (Å²) in [5.74, 6) is 0.0620. The molecule has 5 heteroatoms. The lowest BCUT2D eigenvalue weighted by molar-refractivity contribution is -0.117. The molecule has 0 aliphatic carbocycles. The van der Waals surface area contributed by atoms with E-state index in [0.717, 1.165) is 0 Å². The Bertz CT molecular complexity index is 424. The molecular weight excluding hydrogens is 277 g/mol. The number of ether oxygens (including phenoxy) is 1. The van der Waals surface area contributed by atoms with Crippen LogP contribution in [0, 0.1) is 5.82 Å². The van der Waals surface area contributed by atoms with Crippen LogP contribution < -0.4 is 9.64 Å². The third-order valence-corrected chi connectivity index (χ3v) is 3.14. The van der Waals surface area contributed by atoms with E-state index < -0.39 is 5.82 Å². The van der Waals surface area contributed by atoms with Gasteiger partial charge in [0, 0.05) is 23.9 Å². The number of anilines is 1. The van der Waals surface area contributed by atoms with Crippen molar-refractivity contribution in [1.29, 1.82) is 0 Å². The standard InChI is InChI=1S/C11H11BrFNO2/c1-16-8-2-3-9(13)10(5-8)14-6-7(12)4-11(14)15/h2-3,5,7H,4,6H2,1H3. The van der Waals surface area contributed by atoms with E-state index in [9.17, 15) is 9.18 Å². The first-order valence-electron chi connectivity index (χ1n) is 4.90. The minimum absolute atomic E-state index is 0.0750. The first kappa shape index (κ1) is 11.4. The zero-order valence-electron chi connectivity index (χ0n) is 8.74. The Morgan fingerprint density at radius 3 is 2.88 bits per heavy atom. The molecule has 0 saturated carbocycles. The van der Waals surface area contributed by atoms with E-state index >= 15 is 0 Å². The predicted octanol–water partition coefficient (Wildman–Crippen LogP) is 2.33. The molecule has 1 atom stereocenters. The summed E-state index contributed by atoms with van der Waals surface area (Å²) in [5.41, 5.74) is 0.284. The van der Waals surface area contributed by atoms with Crippen LogP contribution >= 0.6 is 15.9 Å². The number of alkyl halides is 1. The largest absolute Gasteiger partial charge is 0.497 e. The maximum atomic E-state index is 13.6. The van der Waals surface area contributed by atoms with E-state index in [0.29, 0.717) is 18.7 Å². The third kappa shape index (κ3) is 2.04. The van der Waals surface area contributed by atoms with E-state index in [1.54, 1.807) is 0 Å². The highest BCUT2D eigenvalue weighted by Crippen LogP contribution is 2.30. The van der Waals surface area contributed by atoms with Gasteiger partial charge in [-0.25, -0.2) is 4.39 Å². The number of nitrogens with zero attached hydrogens (tertiary/aromatic N) is 1. The minimum Gasteiger partial charge on any atom is -0.497 e. The molecule has 0 aromatic heterocycles. The van der Waals surface area contributed by atoms with Crippen molar-refractivity contribution in [2.24, 2.45) is 0 Å². The molecule has 2 rings (SSSR count). The van der Waals surface area contributed by atoms with Crippen LogP contribution in [0.15, 0.2) is 18.2 Å². The fourth-order valence-corrected chi connectivity index (χ4v) is 2.29. The summed E-state index contributed by atoms with van der Waals surface area (Å²) in [6.07, 6.45) is 0.399. The predicted molar refractivity (Wildman–Crippen MR) is 62.6 cm³/mol. The Hall–Kier alpha value is -1.10. The molecule has 1 unspecified atom stereocenters. The highest BCUT2D eigenvalue weighted by molar-refractivity contribution is 9.09. The van der Waals surface area contributed by atoms with Gasteiger partial charge in [0.1, 0.15) is 11.6 Å². The average molecular weight is 288 g/mol. The van der Waals surface area contributed by atoms with Crippen molar-refractivity contribution in [2.45, 2.75) is 11.2 Å². The molecule has 1 amide bonds. The van der Waals surface area contributed by atoms with Crippen molar-refractivity contribution in [3.63, 3.8) is 0 Å². The molecule has 0 radical (unpaired) electrons. The monoisotopic (exact) mass is 287 g/mol. The van der Waals surface area contributed by atoms with Crippen molar-refractivity contribution in [2.75, 3.05) is 18.6 Å². The molecule has 1 saturated heterocycles. The van der Waals surface area contributed by atoms with Gasteiger partial charge >= 0.3 is 0 Å². The number of carbonyl (C=O) groups excluding carboxylic acids is 1. The van der Waals surface area contributed by atoms with Crippen LogP contribution in [-0.2, 0) is 4.79 Å². The zero-order chi connectivity index (χ0) is 11.7. The van der Waals surface area contributed by atoms with E-state index in [-0.39, 0.29) is 16.4 Å². The van der Waals surface area contributed by atoms with Gasteiger partial charge in [-0.05, 0) is 12.1 Å². The van der Waals surface area contributed by atoms with Crippen molar-refractivity contribution in [3.05, 3.63) is 24.0 Å². The molecule has 1 aromatic rings. The van der Waals surface area contributed by atoms with Crippen LogP contribution in [0.3, 0.4) is 0 Å². The Labute approximate surface area is 101 Å². The molecule has 1 aromatic carbocycles. The number of carbonyl (C=O) groups is 1. The van der Waals surface area contributed by atoms with Gasteiger partial charge in [-0.1, -0.05) is 15.9 Å². The fourth-order valence-electron chi connectivity index (χ4n) is 1.72. The highest BCUT2D eigenvalue weighted by atomic mass is 79.9. The van der Waals surface area contributed by atoms with Crippen LogP contribution in [0.1, 0.15) is 6.42 Å². The first-order chi connectivity index (χ1) is 7.61. The number of hydrogen-bond donors (Lipinski definition) is 0. The highest BCUT2D eigenvalue weighted by Gasteiger charge is 2.30. The van der Waals surface area contributed by atoms with E-state index in [1.807, 2.05) is 0 Å². The Morgan fingerprint density at radius 2 is 2.31 bits per heavy atom. The van der Waals surface area contributed by atoms with Gasteiger partial charge in [-0.2, -0.15) is 0 Å². The molecule has 1 aliphatic heterocycles. The van der Waals surface area contributed by atoms with Crippen molar-refractivity contribution in [1.82, 2.24) is 0 Å². The van der Waals surface area contributed by atoms with Crippen LogP contribution in [0.25, 0.3) is 0 Å². The van der Waals surface area contributed by atoms with Gasteiger partial charge in [0.05, 0.1) is 12.8 Å². The average Bonchev–Trinajstić information content (AvgIpc) is 2.58. The lowest BCUT2D eigenvalue weighted by atomic mass is 10.2. The number of amides is 1. The lowest BCUT2D eigenvalue weighted by Gasteiger charge is -2.17. The minimum atomic E-state index is -0.407. The molecule has 0 spiro atoms. The van der Waals surface area contributed by atoms with Gasteiger partial charge in [0.15, 0.2) is 0 Å².